The Bertz CT molecular complexity index is 586. The fourth-order valence-corrected chi connectivity index (χ4v) is 2.46. The van der Waals surface area contributed by atoms with Gasteiger partial charge in [-0.15, -0.1) is 18.3 Å². The molecule has 2 rings (SSSR count). The monoisotopic (exact) mass is 304 g/mol. The minimum atomic E-state index is -4.76. The van der Waals surface area contributed by atoms with E-state index in [1.165, 1.54) is 18.2 Å². The molecule has 0 spiro atoms. The van der Waals surface area contributed by atoms with Crippen LogP contribution in [0.3, 0.4) is 0 Å². The van der Waals surface area contributed by atoms with Gasteiger partial charge in [0.1, 0.15) is 11.9 Å². The highest BCUT2D eigenvalue weighted by atomic mass is 32.1. The van der Waals surface area contributed by atoms with Crippen LogP contribution >= 0.6 is 11.5 Å². The van der Waals surface area contributed by atoms with E-state index >= 15 is 0 Å². The summed E-state index contributed by atoms with van der Waals surface area (Å²) in [4.78, 5) is 0.525. The average molecular weight is 304 g/mol. The van der Waals surface area contributed by atoms with Crippen LogP contribution < -0.4 is 4.74 Å². The number of halogens is 3. The van der Waals surface area contributed by atoms with Crippen molar-refractivity contribution < 1.29 is 23.0 Å². The van der Waals surface area contributed by atoms with Gasteiger partial charge < -0.3 is 9.84 Å². The van der Waals surface area contributed by atoms with Crippen molar-refractivity contribution in [3.63, 3.8) is 0 Å². The van der Waals surface area contributed by atoms with Crippen LogP contribution in [0, 0.1) is 0 Å². The summed E-state index contributed by atoms with van der Waals surface area (Å²) in [7, 11) is 0. The molecule has 4 nitrogen and oxygen atoms in total. The number of aliphatic hydroxyl groups is 1. The van der Waals surface area contributed by atoms with Crippen LogP contribution in [-0.2, 0) is 6.42 Å². The standard InChI is InChI=1S/C12H11F3N2O2S/c1-2-9-11(20-17-16-9)10(18)7-4-3-5-8(6-7)19-12(13,14)15/h3-6,10,18H,2H2,1H3. The SMILES string of the molecule is CCc1nnsc1C(O)c1cccc(OC(F)(F)F)c1. The second kappa shape index (κ2) is 5.76. The normalized spacial score (nSPS) is 13.2. The molecule has 1 heterocycles. The van der Waals surface area contributed by atoms with Gasteiger partial charge in [-0.1, -0.05) is 23.5 Å². The molecular formula is C12H11F3N2O2S. The Kier molecular flexibility index (Phi) is 4.24. The predicted octanol–water partition coefficient (Wildman–Crippen LogP) is 3.08. The van der Waals surface area contributed by atoms with E-state index in [1.807, 2.05) is 6.92 Å². The highest BCUT2D eigenvalue weighted by molar-refractivity contribution is 7.05. The first-order valence-electron chi connectivity index (χ1n) is 5.75. The fourth-order valence-electron chi connectivity index (χ4n) is 1.70. The molecule has 1 atom stereocenters. The third kappa shape index (κ3) is 3.45. The summed E-state index contributed by atoms with van der Waals surface area (Å²) in [6, 6.07) is 5.24. The van der Waals surface area contributed by atoms with Crippen molar-refractivity contribution in [2.75, 3.05) is 0 Å². The lowest BCUT2D eigenvalue weighted by atomic mass is 10.1. The summed E-state index contributed by atoms with van der Waals surface area (Å²) in [5, 5.41) is 14.1. The third-order valence-corrected chi connectivity index (χ3v) is 3.39. The summed E-state index contributed by atoms with van der Waals surface area (Å²) in [5.74, 6) is -0.371. The molecule has 108 valence electrons. The van der Waals surface area contributed by atoms with Crippen molar-refractivity contribution in [3.8, 4) is 5.75 Å². The van der Waals surface area contributed by atoms with Crippen LogP contribution in [-0.4, -0.2) is 21.1 Å². The van der Waals surface area contributed by atoms with Crippen LogP contribution in [0.5, 0.6) is 5.75 Å². The number of rotatable bonds is 4. The molecule has 20 heavy (non-hydrogen) atoms. The molecule has 1 aromatic heterocycles. The maximum absolute atomic E-state index is 12.2. The Labute approximate surface area is 117 Å². The first-order chi connectivity index (χ1) is 9.40. The maximum atomic E-state index is 12.2. The quantitative estimate of drug-likeness (QED) is 0.943. The van der Waals surface area contributed by atoms with E-state index in [1.54, 1.807) is 0 Å². The van der Waals surface area contributed by atoms with E-state index in [-0.39, 0.29) is 5.75 Å². The summed E-state index contributed by atoms with van der Waals surface area (Å²) in [6.07, 6.45) is -5.24. The smallest absolute Gasteiger partial charge is 0.406 e. The number of ether oxygens (including phenoxy) is 1. The van der Waals surface area contributed by atoms with Crippen molar-refractivity contribution in [2.24, 2.45) is 0 Å². The summed E-state index contributed by atoms with van der Waals surface area (Å²) in [5.41, 5.74) is 0.928. The van der Waals surface area contributed by atoms with Gasteiger partial charge >= 0.3 is 6.36 Å². The average Bonchev–Trinajstić information content (AvgIpc) is 2.84. The van der Waals surface area contributed by atoms with Crippen molar-refractivity contribution in [1.82, 2.24) is 9.59 Å². The molecule has 1 N–H and O–H groups in total. The second-order valence-corrected chi connectivity index (χ2v) is 4.75. The van der Waals surface area contributed by atoms with Crippen molar-refractivity contribution in [1.29, 1.82) is 0 Å². The van der Waals surface area contributed by atoms with Crippen LogP contribution in [0.2, 0.25) is 0 Å². The van der Waals surface area contributed by atoms with Gasteiger partial charge in [-0.3, -0.25) is 0 Å². The lowest BCUT2D eigenvalue weighted by Crippen LogP contribution is -2.17. The van der Waals surface area contributed by atoms with Crippen molar-refractivity contribution >= 4 is 11.5 Å². The van der Waals surface area contributed by atoms with E-state index in [0.717, 1.165) is 17.6 Å². The maximum Gasteiger partial charge on any atom is 0.573 e. The van der Waals surface area contributed by atoms with Crippen molar-refractivity contribution in [3.05, 3.63) is 40.4 Å². The summed E-state index contributed by atoms with van der Waals surface area (Å²) < 4.78 is 44.1. The molecule has 0 aliphatic rings. The van der Waals surface area contributed by atoms with E-state index in [4.69, 9.17) is 0 Å². The van der Waals surface area contributed by atoms with Gasteiger partial charge in [0, 0.05) is 0 Å². The molecule has 0 radical (unpaired) electrons. The lowest BCUT2D eigenvalue weighted by molar-refractivity contribution is -0.274. The van der Waals surface area contributed by atoms with Gasteiger partial charge in [-0.05, 0) is 35.6 Å². The van der Waals surface area contributed by atoms with E-state index in [2.05, 4.69) is 14.3 Å². The first kappa shape index (κ1) is 14.7. The zero-order valence-corrected chi connectivity index (χ0v) is 11.2. The molecule has 0 bridgehead atoms. The number of aromatic nitrogens is 2. The fraction of sp³-hybridized carbons (Fsp3) is 0.333. The molecular weight excluding hydrogens is 293 g/mol. The Hall–Kier alpha value is -1.67. The molecule has 0 fully saturated rings. The minimum absolute atomic E-state index is 0.299. The molecule has 0 aliphatic carbocycles. The molecule has 1 unspecified atom stereocenters. The Balaban J connectivity index is 2.27. The molecule has 0 aliphatic heterocycles. The number of hydrogen-bond donors (Lipinski definition) is 1. The molecule has 8 heteroatoms. The molecule has 2 aromatic rings. The number of benzene rings is 1. The highest BCUT2D eigenvalue weighted by Crippen LogP contribution is 2.30. The predicted molar refractivity (Wildman–Crippen MR) is 66.5 cm³/mol. The first-order valence-corrected chi connectivity index (χ1v) is 6.53. The van der Waals surface area contributed by atoms with Crippen LogP contribution in [0.4, 0.5) is 13.2 Å². The van der Waals surface area contributed by atoms with Gasteiger partial charge in [0.2, 0.25) is 0 Å². The number of hydrogen-bond acceptors (Lipinski definition) is 5. The zero-order chi connectivity index (χ0) is 14.8. The number of aryl methyl sites for hydroxylation is 1. The van der Waals surface area contributed by atoms with E-state index in [9.17, 15) is 18.3 Å². The zero-order valence-electron chi connectivity index (χ0n) is 10.4. The molecule has 0 amide bonds. The Morgan fingerprint density at radius 2 is 2.15 bits per heavy atom. The summed E-state index contributed by atoms with van der Waals surface area (Å²) in [6.45, 7) is 1.86. The summed E-state index contributed by atoms with van der Waals surface area (Å²) >= 11 is 1.02. The van der Waals surface area contributed by atoms with Crippen molar-refractivity contribution in [2.45, 2.75) is 25.8 Å². The number of alkyl halides is 3. The highest BCUT2D eigenvalue weighted by Gasteiger charge is 2.31. The van der Waals surface area contributed by atoms with E-state index < -0.39 is 12.5 Å². The largest absolute Gasteiger partial charge is 0.573 e. The van der Waals surface area contributed by atoms with Crippen LogP contribution in [0.25, 0.3) is 0 Å². The van der Waals surface area contributed by atoms with Gasteiger partial charge in [0.15, 0.2) is 0 Å². The topological polar surface area (TPSA) is 55.2 Å². The Morgan fingerprint density at radius 3 is 2.80 bits per heavy atom. The Morgan fingerprint density at radius 1 is 1.40 bits per heavy atom. The van der Waals surface area contributed by atoms with Gasteiger partial charge in [0.25, 0.3) is 0 Å². The van der Waals surface area contributed by atoms with Gasteiger partial charge in [-0.2, -0.15) is 0 Å². The minimum Gasteiger partial charge on any atom is -0.406 e. The van der Waals surface area contributed by atoms with Gasteiger partial charge in [0.05, 0.1) is 10.6 Å². The van der Waals surface area contributed by atoms with Gasteiger partial charge in [-0.25, -0.2) is 0 Å². The number of nitrogens with zero attached hydrogens (tertiary/aromatic N) is 2. The van der Waals surface area contributed by atoms with E-state index in [0.29, 0.717) is 22.6 Å². The molecule has 0 saturated carbocycles. The van der Waals surface area contributed by atoms with Crippen LogP contribution in [0.1, 0.15) is 29.2 Å². The second-order valence-electron chi connectivity index (χ2n) is 3.96. The number of aliphatic hydroxyl groups excluding tert-OH is 1. The molecule has 1 aromatic carbocycles. The molecule has 0 saturated heterocycles. The third-order valence-electron chi connectivity index (χ3n) is 2.58. The lowest BCUT2D eigenvalue weighted by Gasteiger charge is -2.13. The van der Waals surface area contributed by atoms with Crippen LogP contribution in [0.15, 0.2) is 24.3 Å².